The lowest BCUT2D eigenvalue weighted by atomic mass is 10.2. The number of hydrogen-bond acceptors (Lipinski definition) is 4. The van der Waals surface area contributed by atoms with Crippen LogP contribution >= 0.6 is 0 Å². The van der Waals surface area contributed by atoms with Gasteiger partial charge in [0.2, 0.25) is 5.91 Å². The van der Waals surface area contributed by atoms with Crippen molar-refractivity contribution in [3.8, 4) is 5.75 Å². The van der Waals surface area contributed by atoms with Gasteiger partial charge in [-0.05, 0) is 18.6 Å². The third kappa shape index (κ3) is 5.00. The van der Waals surface area contributed by atoms with Gasteiger partial charge in [0, 0.05) is 13.0 Å². The normalized spacial score (nSPS) is 19.7. The summed E-state index contributed by atoms with van der Waals surface area (Å²) in [6, 6.07) is 8.11. The first-order chi connectivity index (χ1) is 11.7. The van der Waals surface area contributed by atoms with Gasteiger partial charge in [-0.2, -0.15) is 0 Å². The van der Waals surface area contributed by atoms with Crippen LogP contribution in [0, 0.1) is 0 Å². The van der Waals surface area contributed by atoms with Crippen molar-refractivity contribution in [3.63, 3.8) is 0 Å². The largest absolute Gasteiger partial charge is 1.00 e. The Balaban J connectivity index is 0.00000225. The zero-order valence-corrected chi connectivity index (χ0v) is 15.5. The van der Waals surface area contributed by atoms with Crippen LogP contribution in [0.2, 0.25) is 0 Å². The molecule has 1 atom stereocenters. The Hall–Kier alpha value is -1.50. The molecule has 1 aromatic carbocycles. The fourth-order valence-electron chi connectivity index (χ4n) is 3.71. The molecular formula is C18H28ClN3O3. The molecule has 1 unspecified atom stereocenters. The van der Waals surface area contributed by atoms with Crippen molar-refractivity contribution in [1.29, 1.82) is 0 Å². The maximum Gasteiger partial charge on any atom is 0.222 e. The molecule has 0 bridgehead atoms. The SMILES string of the molecule is COc1ccccc1N1CC[NH+](CC(O)CN2CCCC2=O)CC1.[Cl-]. The number of piperazine rings is 1. The van der Waals surface area contributed by atoms with E-state index in [0.717, 1.165) is 50.6 Å². The molecule has 2 aliphatic heterocycles. The fraction of sp³-hybridized carbons (Fsp3) is 0.611. The summed E-state index contributed by atoms with van der Waals surface area (Å²) >= 11 is 0. The molecule has 6 nitrogen and oxygen atoms in total. The number of β-amino-alcohol motifs (C(OH)–C–C–N with tert-alkyl or cyclic N) is 1. The Kier molecular flexibility index (Phi) is 7.35. The number of halogens is 1. The van der Waals surface area contributed by atoms with E-state index in [1.165, 1.54) is 4.90 Å². The van der Waals surface area contributed by atoms with Gasteiger partial charge in [-0.3, -0.25) is 4.79 Å². The minimum absolute atomic E-state index is 0. The maximum atomic E-state index is 11.7. The van der Waals surface area contributed by atoms with E-state index in [-0.39, 0.29) is 18.3 Å². The van der Waals surface area contributed by atoms with Crippen LogP contribution in [-0.2, 0) is 4.79 Å². The number of methoxy groups -OCH3 is 1. The van der Waals surface area contributed by atoms with Gasteiger partial charge >= 0.3 is 0 Å². The lowest BCUT2D eigenvalue weighted by Crippen LogP contribution is -3.16. The smallest absolute Gasteiger partial charge is 0.222 e. The van der Waals surface area contributed by atoms with E-state index in [1.807, 2.05) is 18.2 Å². The third-order valence-corrected chi connectivity index (χ3v) is 5.02. The first-order valence-corrected chi connectivity index (χ1v) is 8.84. The number of ether oxygens (including phenoxy) is 1. The van der Waals surface area contributed by atoms with Crippen LogP contribution in [0.3, 0.4) is 0 Å². The number of para-hydroxylation sites is 2. The number of anilines is 1. The van der Waals surface area contributed by atoms with Gasteiger partial charge in [-0.1, -0.05) is 12.1 Å². The van der Waals surface area contributed by atoms with Crippen LogP contribution in [-0.4, -0.2) is 74.9 Å². The Morgan fingerprint density at radius 1 is 1.24 bits per heavy atom. The van der Waals surface area contributed by atoms with E-state index in [0.29, 0.717) is 19.5 Å². The molecule has 3 rings (SSSR count). The van der Waals surface area contributed by atoms with Crippen LogP contribution in [0.25, 0.3) is 0 Å². The molecule has 0 saturated carbocycles. The second kappa shape index (κ2) is 9.27. The molecule has 0 radical (unpaired) electrons. The summed E-state index contributed by atoms with van der Waals surface area (Å²) in [4.78, 5) is 17.2. The van der Waals surface area contributed by atoms with Crippen molar-refractivity contribution in [2.45, 2.75) is 18.9 Å². The minimum Gasteiger partial charge on any atom is -1.00 e. The number of aliphatic hydroxyl groups excluding tert-OH is 1. The summed E-state index contributed by atoms with van der Waals surface area (Å²) in [6.07, 6.45) is 1.13. The molecular weight excluding hydrogens is 342 g/mol. The molecule has 25 heavy (non-hydrogen) atoms. The standard InChI is InChI=1S/C18H27N3O3.ClH/c1-24-17-6-3-2-5-16(17)20-11-9-19(10-12-20)13-15(22)14-21-8-4-7-18(21)23;/h2-3,5-6,15,22H,4,7-14H2,1H3;1H. The average Bonchev–Trinajstić information content (AvgIpc) is 3.00. The number of nitrogens with one attached hydrogen (secondary N) is 1. The number of carbonyl (C=O) groups excluding carboxylic acids is 1. The minimum atomic E-state index is -0.431. The zero-order valence-electron chi connectivity index (χ0n) is 14.8. The Bertz CT molecular complexity index is 564. The number of carbonyl (C=O) groups is 1. The Labute approximate surface area is 155 Å². The highest BCUT2D eigenvalue weighted by Gasteiger charge is 2.27. The van der Waals surface area contributed by atoms with Crippen LogP contribution in [0.15, 0.2) is 24.3 Å². The molecule has 140 valence electrons. The van der Waals surface area contributed by atoms with Gasteiger partial charge in [-0.15, -0.1) is 0 Å². The van der Waals surface area contributed by atoms with Crippen LogP contribution < -0.4 is 26.9 Å². The quantitative estimate of drug-likeness (QED) is 0.544. The topological polar surface area (TPSA) is 57.5 Å². The molecule has 0 aliphatic carbocycles. The van der Waals surface area contributed by atoms with Crippen molar-refractivity contribution in [1.82, 2.24) is 4.90 Å². The second-order valence-corrected chi connectivity index (χ2v) is 6.71. The Morgan fingerprint density at radius 2 is 1.96 bits per heavy atom. The van der Waals surface area contributed by atoms with Gasteiger partial charge in [0.05, 0.1) is 45.5 Å². The predicted octanol–water partition coefficient (Wildman–Crippen LogP) is -3.61. The van der Waals surface area contributed by atoms with Crippen molar-refractivity contribution in [2.24, 2.45) is 0 Å². The first-order valence-electron chi connectivity index (χ1n) is 8.84. The summed E-state index contributed by atoms with van der Waals surface area (Å²) in [7, 11) is 1.70. The van der Waals surface area contributed by atoms with E-state index < -0.39 is 6.10 Å². The number of hydrogen-bond donors (Lipinski definition) is 2. The van der Waals surface area contributed by atoms with E-state index >= 15 is 0 Å². The number of benzene rings is 1. The van der Waals surface area contributed by atoms with Gasteiger partial charge in [0.25, 0.3) is 0 Å². The van der Waals surface area contributed by atoms with Crippen molar-refractivity contribution in [2.75, 3.05) is 57.8 Å². The number of likely N-dealkylation sites (tertiary alicyclic amines) is 1. The molecule has 2 saturated heterocycles. The van der Waals surface area contributed by atoms with Gasteiger partial charge < -0.3 is 37.0 Å². The van der Waals surface area contributed by atoms with Crippen LogP contribution in [0.1, 0.15) is 12.8 Å². The maximum absolute atomic E-state index is 11.7. The molecule has 1 aromatic rings. The van der Waals surface area contributed by atoms with Gasteiger partial charge in [0.1, 0.15) is 18.4 Å². The summed E-state index contributed by atoms with van der Waals surface area (Å²) in [5.74, 6) is 1.10. The van der Waals surface area contributed by atoms with Crippen molar-refractivity contribution < 1.29 is 31.9 Å². The van der Waals surface area contributed by atoms with Crippen molar-refractivity contribution in [3.05, 3.63) is 24.3 Å². The molecule has 0 spiro atoms. The molecule has 2 aliphatic rings. The molecule has 2 fully saturated rings. The highest BCUT2D eigenvalue weighted by Crippen LogP contribution is 2.27. The summed E-state index contributed by atoms with van der Waals surface area (Å²) in [5.41, 5.74) is 1.14. The average molecular weight is 370 g/mol. The summed E-state index contributed by atoms with van der Waals surface area (Å²) in [5, 5.41) is 10.3. The van der Waals surface area contributed by atoms with Gasteiger partial charge in [-0.25, -0.2) is 0 Å². The van der Waals surface area contributed by atoms with Gasteiger partial charge in [0.15, 0.2) is 0 Å². The monoisotopic (exact) mass is 369 g/mol. The summed E-state index contributed by atoms with van der Waals surface area (Å²) in [6.45, 7) is 5.87. The van der Waals surface area contributed by atoms with E-state index in [4.69, 9.17) is 4.74 Å². The number of quaternary nitrogens is 1. The van der Waals surface area contributed by atoms with Crippen molar-refractivity contribution >= 4 is 11.6 Å². The number of nitrogens with zero attached hydrogens (tertiary/aromatic N) is 2. The second-order valence-electron chi connectivity index (χ2n) is 6.71. The van der Waals surface area contributed by atoms with E-state index in [1.54, 1.807) is 12.0 Å². The molecule has 7 heteroatoms. The first kappa shape index (κ1) is 19.8. The van der Waals surface area contributed by atoms with E-state index in [2.05, 4.69) is 11.0 Å². The molecule has 0 aromatic heterocycles. The zero-order chi connectivity index (χ0) is 16.9. The molecule has 2 heterocycles. The number of rotatable bonds is 6. The molecule has 1 amide bonds. The Morgan fingerprint density at radius 3 is 2.60 bits per heavy atom. The summed E-state index contributed by atoms with van der Waals surface area (Å²) < 4.78 is 5.45. The lowest BCUT2D eigenvalue weighted by molar-refractivity contribution is -0.903. The predicted molar refractivity (Wildman–Crippen MR) is 92.6 cm³/mol. The highest BCUT2D eigenvalue weighted by molar-refractivity contribution is 5.78. The van der Waals surface area contributed by atoms with Crippen LogP contribution in [0.4, 0.5) is 5.69 Å². The van der Waals surface area contributed by atoms with Crippen LogP contribution in [0.5, 0.6) is 5.75 Å². The third-order valence-electron chi connectivity index (χ3n) is 5.02. The highest BCUT2D eigenvalue weighted by atomic mass is 35.5. The number of aliphatic hydroxyl groups is 1. The van der Waals surface area contributed by atoms with E-state index in [9.17, 15) is 9.90 Å². The lowest BCUT2D eigenvalue weighted by Gasteiger charge is -2.35. The fourth-order valence-corrected chi connectivity index (χ4v) is 3.71. The molecule has 2 N–H and O–H groups in total. The number of amides is 1.